The standard InChI is InChI=1S/C22H31N3O2/c26-20(13-17-7-2-1-3-8-17)25-15-19(22(16-25)10-6-11-22)21(27)24-14-18-9-4-5-12-23-18/h4-5,9,12,17,19H,1-3,6-8,10-11,13-16H2,(H,24,27). The summed E-state index contributed by atoms with van der Waals surface area (Å²) < 4.78 is 0. The molecule has 1 aliphatic heterocycles. The number of amides is 2. The summed E-state index contributed by atoms with van der Waals surface area (Å²) in [6.45, 7) is 1.84. The first-order valence-electron chi connectivity index (χ1n) is 10.6. The summed E-state index contributed by atoms with van der Waals surface area (Å²) in [6, 6.07) is 5.73. The van der Waals surface area contributed by atoms with Gasteiger partial charge in [-0.15, -0.1) is 0 Å². The molecular formula is C22H31N3O2. The van der Waals surface area contributed by atoms with Gasteiger partial charge in [0.15, 0.2) is 0 Å². The number of carbonyl (C=O) groups is 2. The summed E-state index contributed by atoms with van der Waals surface area (Å²) in [7, 11) is 0. The zero-order valence-electron chi connectivity index (χ0n) is 16.2. The Balaban J connectivity index is 1.35. The molecule has 1 atom stereocenters. The van der Waals surface area contributed by atoms with Crippen molar-refractivity contribution >= 4 is 11.8 Å². The van der Waals surface area contributed by atoms with E-state index < -0.39 is 0 Å². The molecule has 1 unspecified atom stereocenters. The van der Waals surface area contributed by atoms with Gasteiger partial charge in [-0.2, -0.15) is 0 Å². The lowest BCUT2D eigenvalue weighted by Crippen LogP contribution is -2.45. The number of likely N-dealkylation sites (tertiary alicyclic amines) is 1. The van der Waals surface area contributed by atoms with Crippen LogP contribution in [-0.4, -0.2) is 34.8 Å². The molecule has 1 N–H and O–H groups in total. The number of nitrogens with zero attached hydrogens (tertiary/aromatic N) is 2. The van der Waals surface area contributed by atoms with Gasteiger partial charge in [0.25, 0.3) is 0 Å². The third-order valence-electron chi connectivity index (χ3n) is 7.02. The third kappa shape index (κ3) is 4.02. The molecule has 4 rings (SSSR count). The van der Waals surface area contributed by atoms with Gasteiger partial charge in [-0.25, -0.2) is 0 Å². The molecular weight excluding hydrogens is 338 g/mol. The molecule has 1 spiro atoms. The summed E-state index contributed by atoms with van der Waals surface area (Å²) in [5, 5.41) is 3.07. The molecule has 2 heterocycles. The molecule has 0 bridgehead atoms. The Morgan fingerprint density at radius 2 is 1.96 bits per heavy atom. The zero-order valence-corrected chi connectivity index (χ0v) is 16.2. The fraction of sp³-hybridized carbons (Fsp3) is 0.682. The molecule has 0 aromatic carbocycles. The van der Waals surface area contributed by atoms with Crippen LogP contribution in [0.4, 0.5) is 0 Å². The van der Waals surface area contributed by atoms with E-state index in [0.29, 0.717) is 25.4 Å². The first-order valence-corrected chi connectivity index (χ1v) is 10.6. The second-order valence-corrected chi connectivity index (χ2v) is 8.79. The predicted octanol–water partition coefficient (Wildman–Crippen LogP) is 3.30. The maximum absolute atomic E-state index is 12.9. The molecule has 1 aromatic heterocycles. The topological polar surface area (TPSA) is 62.3 Å². The lowest BCUT2D eigenvalue weighted by molar-refractivity contribution is -0.132. The Hall–Kier alpha value is -1.91. The highest BCUT2D eigenvalue weighted by Crippen LogP contribution is 2.52. The highest BCUT2D eigenvalue weighted by atomic mass is 16.2. The molecule has 3 fully saturated rings. The molecule has 27 heavy (non-hydrogen) atoms. The minimum absolute atomic E-state index is 0.0242. The van der Waals surface area contributed by atoms with E-state index in [9.17, 15) is 9.59 Å². The number of hydrogen-bond acceptors (Lipinski definition) is 3. The van der Waals surface area contributed by atoms with Crippen molar-refractivity contribution in [2.45, 2.75) is 64.3 Å². The number of rotatable bonds is 5. The largest absolute Gasteiger partial charge is 0.350 e. The Kier molecular flexibility index (Phi) is 5.46. The molecule has 2 amide bonds. The van der Waals surface area contributed by atoms with E-state index in [1.807, 2.05) is 23.1 Å². The van der Waals surface area contributed by atoms with Gasteiger partial charge in [0.1, 0.15) is 0 Å². The number of nitrogens with one attached hydrogen (secondary N) is 1. The molecule has 2 aliphatic carbocycles. The number of aromatic nitrogens is 1. The molecule has 0 radical (unpaired) electrons. The van der Waals surface area contributed by atoms with Gasteiger partial charge in [-0.1, -0.05) is 31.7 Å². The summed E-state index contributed by atoms with van der Waals surface area (Å²) in [4.78, 5) is 32.1. The summed E-state index contributed by atoms with van der Waals surface area (Å²) in [5.74, 6) is 0.854. The van der Waals surface area contributed by atoms with Crippen molar-refractivity contribution in [1.82, 2.24) is 15.2 Å². The third-order valence-corrected chi connectivity index (χ3v) is 7.02. The van der Waals surface area contributed by atoms with Crippen molar-refractivity contribution in [3.05, 3.63) is 30.1 Å². The number of carbonyl (C=O) groups excluding carboxylic acids is 2. The van der Waals surface area contributed by atoms with Crippen molar-refractivity contribution in [3.8, 4) is 0 Å². The van der Waals surface area contributed by atoms with Crippen LogP contribution in [0.5, 0.6) is 0 Å². The summed E-state index contributed by atoms with van der Waals surface area (Å²) in [5.41, 5.74) is 0.896. The van der Waals surface area contributed by atoms with Crippen molar-refractivity contribution in [2.75, 3.05) is 13.1 Å². The highest BCUT2D eigenvalue weighted by Gasteiger charge is 2.54. The van der Waals surface area contributed by atoms with Crippen LogP contribution in [0.1, 0.15) is 63.5 Å². The van der Waals surface area contributed by atoms with E-state index in [1.165, 1.54) is 38.5 Å². The van der Waals surface area contributed by atoms with Crippen molar-refractivity contribution in [2.24, 2.45) is 17.3 Å². The van der Waals surface area contributed by atoms with Gasteiger partial charge in [-0.3, -0.25) is 14.6 Å². The maximum atomic E-state index is 12.9. The van der Waals surface area contributed by atoms with Gasteiger partial charge >= 0.3 is 0 Å². The van der Waals surface area contributed by atoms with Gasteiger partial charge < -0.3 is 10.2 Å². The Bertz CT molecular complexity index is 665. The van der Waals surface area contributed by atoms with Gasteiger partial charge in [0.2, 0.25) is 11.8 Å². The second-order valence-electron chi connectivity index (χ2n) is 8.79. The zero-order chi connectivity index (χ0) is 18.7. The minimum atomic E-state index is -0.0646. The van der Waals surface area contributed by atoms with E-state index in [2.05, 4.69) is 10.3 Å². The van der Waals surface area contributed by atoms with Crippen LogP contribution in [0.15, 0.2) is 24.4 Å². The van der Waals surface area contributed by atoms with Crippen molar-refractivity contribution < 1.29 is 9.59 Å². The smallest absolute Gasteiger partial charge is 0.225 e. The fourth-order valence-corrected chi connectivity index (χ4v) is 5.23. The number of pyridine rings is 1. The normalized spacial score (nSPS) is 24.6. The van der Waals surface area contributed by atoms with E-state index in [-0.39, 0.29) is 23.1 Å². The highest BCUT2D eigenvalue weighted by molar-refractivity contribution is 5.83. The van der Waals surface area contributed by atoms with Crippen molar-refractivity contribution in [1.29, 1.82) is 0 Å². The van der Waals surface area contributed by atoms with Crippen LogP contribution in [0, 0.1) is 17.3 Å². The summed E-state index contributed by atoms with van der Waals surface area (Å²) in [6.07, 6.45) is 12.0. The monoisotopic (exact) mass is 369 g/mol. The van der Waals surface area contributed by atoms with Crippen LogP contribution in [0.25, 0.3) is 0 Å². The minimum Gasteiger partial charge on any atom is -0.350 e. The maximum Gasteiger partial charge on any atom is 0.225 e. The first kappa shape index (κ1) is 18.5. The van der Waals surface area contributed by atoms with E-state index in [1.54, 1.807) is 6.20 Å². The van der Waals surface area contributed by atoms with Crippen molar-refractivity contribution in [3.63, 3.8) is 0 Å². The lowest BCUT2D eigenvalue weighted by atomic mass is 9.62. The lowest BCUT2D eigenvalue weighted by Gasteiger charge is -2.42. The van der Waals surface area contributed by atoms with E-state index in [4.69, 9.17) is 0 Å². The van der Waals surface area contributed by atoms with Crippen LogP contribution in [0.3, 0.4) is 0 Å². The SMILES string of the molecule is O=C(NCc1ccccn1)C1CN(C(=O)CC2CCCCC2)CC12CCC2. The molecule has 1 saturated heterocycles. The van der Waals surface area contributed by atoms with Crippen LogP contribution in [-0.2, 0) is 16.1 Å². The fourth-order valence-electron chi connectivity index (χ4n) is 5.23. The molecule has 146 valence electrons. The average Bonchev–Trinajstić information content (AvgIpc) is 3.09. The Morgan fingerprint density at radius 1 is 1.15 bits per heavy atom. The van der Waals surface area contributed by atoms with E-state index in [0.717, 1.165) is 25.1 Å². The molecule has 2 saturated carbocycles. The Morgan fingerprint density at radius 3 is 2.63 bits per heavy atom. The predicted molar refractivity (Wildman–Crippen MR) is 104 cm³/mol. The second kappa shape index (κ2) is 7.99. The van der Waals surface area contributed by atoms with E-state index >= 15 is 0 Å². The number of hydrogen-bond donors (Lipinski definition) is 1. The Labute approximate surface area is 161 Å². The average molecular weight is 370 g/mol. The van der Waals surface area contributed by atoms with Gasteiger partial charge in [0, 0.05) is 31.1 Å². The summed E-state index contributed by atoms with van der Waals surface area (Å²) >= 11 is 0. The molecule has 1 aromatic rings. The van der Waals surface area contributed by atoms with Crippen LogP contribution >= 0.6 is 0 Å². The molecule has 5 heteroatoms. The van der Waals surface area contributed by atoms with Gasteiger partial charge in [-0.05, 0) is 43.7 Å². The first-order chi connectivity index (χ1) is 13.2. The van der Waals surface area contributed by atoms with Crippen LogP contribution in [0.2, 0.25) is 0 Å². The molecule has 5 nitrogen and oxygen atoms in total. The molecule has 3 aliphatic rings. The van der Waals surface area contributed by atoms with Crippen LogP contribution < -0.4 is 5.32 Å². The van der Waals surface area contributed by atoms with Gasteiger partial charge in [0.05, 0.1) is 18.2 Å². The quantitative estimate of drug-likeness (QED) is 0.866.